The van der Waals surface area contributed by atoms with Crippen molar-refractivity contribution >= 4 is 63.6 Å². The number of benzene rings is 2. The van der Waals surface area contributed by atoms with E-state index in [1.807, 2.05) is 62.4 Å². The van der Waals surface area contributed by atoms with Crippen LogP contribution in [0.15, 0.2) is 134 Å². The monoisotopic (exact) mass is 974 g/mol. The fraction of sp³-hybridized carbons (Fsp3) is 0.189. The third-order valence-corrected chi connectivity index (χ3v) is 13.1. The van der Waals surface area contributed by atoms with E-state index in [1.54, 1.807) is 66.3 Å². The van der Waals surface area contributed by atoms with E-state index in [0.29, 0.717) is 51.1 Å². The molecule has 0 saturated carbocycles. The molecule has 2 fully saturated rings. The molecule has 8 aromatic rings. The molecule has 352 valence electrons. The number of amides is 2. The van der Waals surface area contributed by atoms with Crippen LogP contribution in [0.4, 0.5) is 48.0 Å². The number of nitrogens with two attached hydrogens (primary N) is 1. The highest BCUT2D eigenvalue weighted by Crippen LogP contribution is 2.44. The van der Waals surface area contributed by atoms with Crippen molar-refractivity contribution < 1.29 is 13.6 Å². The molecule has 2 saturated heterocycles. The Labute approximate surface area is 413 Å². The number of carbonyl (C=O) groups excluding carboxylic acids is 1. The molecule has 17 heteroatoms. The summed E-state index contributed by atoms with van der Waals surface area (Å²) in [5, 5.41) is 7.61. The Bertz CT molecular complexity index is 3220. The largest absolute Gasteiger partial charge is 0.399 e. The number of nitrogen functional groups attached to an aromatic ring is 1. The minimum atomic E-state index is -0.446. The van der Waals surface area contributed by atoms with Gasteiger partial charge in [-0.05, 0) is 123 Å². The van der Waals surface area contributed by atoms with Gasteiger partial charge >= 0.3 is 6.03 Å². The number of hydrogen-bond donors (Lipinski definition) is 3. The number of urea groups is 1. The first kappa shape index (κ1) is 46.0. The zero-order chi connectivity index (χ0) is 48.5. The Hall–Kier alpha value is -7.75. The predicted octanol–water partition coefficient (Wildman–Crippen LogP) is 11.5. The zero-order valence-corrected chi connectivity index (χ0v) is 39.6. The topological polar surface area (TPSA) is 154 Å². The maximum Gasteiger partial charge on any atom is 0.327 e. The molecule has 10 heterocycles. The number of carbonyl (C=O) groups is 1. The Kier molecular flexibility index (Phi) is 12.9. The van der Waals surface area contributed by atoms with E-state index in [-0.39, 0.29) is 17.9 Å². The summed E-state index contributed by atoms with van der Waals surface area (Å²) in [7, 11) is 0. The highest BCUT2D eigenvalue weighted by molar-refractivity contribution is 6.34. The van der Waals surface area contributed by atoms with Crippen molar-refractivity contribution in [2.75, 3.05) is 57.2 Å². The molecular formula is C53H46Cl2F2N12O. The van der Waals surface area contributed by atoms with Crippen LogP contribution in [0.1, 0.15) is 24.2 Å². The highest BCUT2D eigenvalue weighted by Gasteiger charge is 2.41. The van der Waals surface area contributed by atoms with Crippen LogP contribution in [0, 0.1) is 25.5 Å². The molecular weight excluding hydrogens is 930 g/mol. The normalized spacial score (nSPS) is 15.9. The molecule has 0 aliphatic carbocycles. The lowest BCUT2D eigenvalue weighted by molar-refractivity contribution is 0.255. The van der Waals surface area contributed by atoms with E-state index in [9.17, 15) is 13.6 Å². The van der Waals surface area contributed by atoms with Gasteiger partial charge in [-0.2, -0.15) is 0 Å². The molecule has 0 spiro atoms. The average Bonchev–Trinajstić information content (AvgIpc) is 3.96. The summed E-state index contributed by atoms with van der Waals surface area (Å²) in [6.07, 6.45) is 12.1. The van der Waals surface area contributed by atoms with Crippen LogP contribution in [0.5, 0.6) is 0 Å². The summed E-state index contributed by atoms with van der Waals surface area (Å²) in [6.45, 7) is 7.50. The van der Waals surface area contributed by atoms with Crippen LogP contribution >= 0.6 is 23.2 Å². The van der Waals surface area contributed by atoms with E-state index in [1.165, 1.54) is 24.3 Å². The Balaban J connectivity index is 0.000000139. The summed E-state index contributed by atoms with van der Waals surface area (Å²) in [6, 6.07) is 27.9. The Morgan fingerprint density at radius 2 is 1.27 bits per heavy atom. The van der Waals surface area contributed by atoms with Gasteiger partial charge in [-0.15, -0.1) is 0 Å². The van der Waals surface area contributed by atoms with Crippen LogP contribution < -0.4 is 31.1 Å². The van der Waals surface area contributed by atoms with Gasteiger partial charge in [-0.1, -0.05) is 35.3 Å². The number of rotatable bonds is 5. The van der Waals surface area contributed by atoms with Crippen LogP contribution in [-0.4, -0.2) is 74.2 Å². The number of pyridine rings is 6. The minimum Gasteiger partial charge on any atom is -0.399 e. The van der Waals surface area contributed by atoms with Gasteiger partial charge in [0.1, 0.15) is 11.6 Å². The summed E-state index contributed by atoms with van der Waals surface area (Å²) < 4.78 is 27.5. The Morgan fingerprint density at radius 1 is 0.671 bits per heavy atom. The number of nitrogens with one attached hydrogen (secondary N) is 2. The number of aromatic nitrogens is 6. The van der Waals surface area contributed by atoms with Crippen LogP contribution in [0.3, 0.4) is 0 Å². The maximum absolute atomic E-state index is 14.5. The number of halogens is 4. The van der Waals surface area contributed by atoms with E-state index in [2.05, 4.69) is 40.4 Å². The lowest BCUT2D eigenvalue weighted by Crippen LogP contribution is -2.48. The zero-order valence-electron chi connectivity index (χ0n) is 38.1. The summed E-state index contributed by atoms with van der Waals surface area (Å²) in [5.74, 6) is 0.716. The molecule has 4 aliphatic heterocycles. The molecule has 70 heavy (non-hydrogen) atoms. The summed E-state index contributed by atoms with van der Waals surface area (Å²) >= 11 is 13.1. The lowest BCUT2D eigenvalue weighted by atomic mass is 10.1. The molecule has 13 nitrogen and oxygen atoms in total. The van der Waals surface area contributed by atoms with Crippen LogP contribution in [-0.2, 0) is 0 Å². The number of hydrogen-bond acceptors (Lipinski definition) is 11. The van der Waals surface area contributed by atoms with E-state index in [0.717, 1.165) is 94.6 Å². The third-order valence-electron chi connectivity index (χ3n) is 12.5. The third kappa shape index (κ3) is 9.89. The van der Waals surface area contributed by atoms with Gasteiger partial charge in [0.15, 0.2) is 11.6 Å². The van der Waals surface area contributed by atoms with Crippen molar-refractivity contribution in [3.63, 3.8) is 0 Å². The van der Waals surface area contributed by atoms with Gasteiger partial charge in [0.2, 0.25) is 0 Å². The molecule has 0 radical (unpaired) electrons. The second kappa shape index (κ2) is 19.7. The Morgan fingerprint density at radius 3 is 1.90 bits per heavy atom. The second-order valence-corrected chi connectivity index (χ2v) is 18.3. The summed E-state index contributed by atoms with van der Waals surface area (Å²) in [4.78, 5) is 46.0. The van der Waals surface area contributed by atoms with Crippen molar-refractivity contribution in [1.29, 1.82) is 0 Å². The maximum atomic E-state index is 14.5. The highest BCUT2D eigenvalue weighted by atomic mass is 35.5. The molecule has 0 unspecified atom stereocenters. The first-order valence-electron chi connectivity index (χ1n) is 22.7. The van der Waals surface area contributed by atoms with Gasteiger partial charge in [0, 0.05) is 114 Å². The molecule has 2 atom stereocenters. The van der Waals surface area contributed by atoms with E-state index in [4.69, 9.17) is 38.9 Å². The molecule has 12 rings (SSSR count). The predicted molar refractivity (Wildman–Crippen MR) is 274 cm³/mol. The first-order chi connectivity index (χ1) is 33.9. The smallest absolute Gasteiger partial charge is 0.327 e. The van der Waals surface area contributed by atoms with Gasteiger partial charge in [-0.3, -0.25) is 24.8 Å². The molecule has 4 bridgehead atoms. The van der Waals surface area contributed by atoms with Crippen molar-refractivity contribution in [2.24, 2.45) is 0 Å². The molecule has 4 aliphatic rings. The van der Waals surface area contributed by atoms with Gasteiger partial charge < -0.3 is 26.2 Å². The number of nitrogens with zero attached hydrogens (tertiary/aromatic N) is 9. The van der Waals surface area contributed by atoms with E-state index < -0.39 is 5.82 Å². The van der Waals surface area contributed by atoms with Crippen LogP contribution in [0.2, 0.25) is 10.0 Å². The van der Waals surface area contributed by atoms with E-state index >= 15 is 0 Å². The quantitative estimate of drug-likeness (QED) is 0.141. The first-order valence-corrected chi connectivity index (χ1v) is 23.5. The van der Waals surface area contributed by atoms with Crippen LogP contribution in [0.25, 0.3) is 44.8 Å². The van der Waals surface area contributed by atoms with Gasteiger partial charge in [0.25, 0.3) is 0 Å². The van der Waals surface area contributed by atoms with Crippen molar-refractivity contribution in [1.82, 2.24) is 29.9 Å². The standard InChI is InChI=1S/C27H22ClFN6O.C15H15ClN4.C11H9FN2/c1-16-9-17(4-7-31-16)25-23(28)13-24-26(33-25)35(22-5-8-34(24)15-22)27(36)32-21-11-19(10-20(29)12-21)18-3-2-6-30-14-18;1-9-6-10(2-4-17-9)14-12(16)7-13-15(19-14)18-11-3-5-20(13)8-11;12-10-4-9(5-11(13)6-10)8-2-1-3-14-7-8/h2-4,6-7,9-14,22H,5,8,15H2,1H3,(H,32,36);2,4,6-7,11H,3,5,8H2,1H3,(H,18,19);1-7H,13H2/t22-;11-;/m00./s1. The number of aryl methyl sites for hydroxylation is 2. The number of fused-ring (bicyclic) bond motifs is 8. The number of anilines is 6. The van der Waals surface area contributed by atoms with Gasteiger partial charge in [0.05, 0.1) is 38.8 Å². The van der Waals surface area contributed by atoms with Gasteiger partial charge in [-0.25, -0.2) is 23.5 Å². The van der Waals surface area contributed by atoms with Crippen molar-refractivity contribution in [3.8, 4) is 44.8 Å². The molecule has 6 aromatic heterocycles. The SMILES string of the molecule is Cc1cc(-c2nc3c(cc2Cl)N2CC[C@@H](C2)N3)ccn1.Cc1cc(-c2nc3c(cc2Cl)N2CC[C@@H](C2)N3C(=O)Nc2cc(F)cc(-c3cccnc3)c2)ccn1.Nc1cc(F)cc(-c2cccnc2)c1. The molecule has 2 aromatic carbocycles. The average molecular weight is 976 g/mol. The fourth-order valence-electron chi connectivity index (χ4n) is 9.25. The minimum absolute atomic E-state index is 0.0513. The molecule has 4 N–H and O–H groups in total. The summed E-state index contributed by atoms with van der Waals surface area (Å²) in [5.41, 5.74) is 16.3. The second-order valence-electron chi connectivity index (χ2n) is 17.5. The van der Waals surface area contributed by atoms with Crippen molar-refractivity contribution in [2.45, 2.75) is 38.8 Å². The molecule has 2 amide bonds. The lowest BCUT2D eigenvalue weighted by Gasteiger charge is -2.36. The van der Waals surface area contributed by atoms with Crippen molar-refractivity contribution in [3.05, 3.63) is 167 Å². The fourth-order valence-corrected chi connectivity index (χ4v) is 9.76.